The third-order valence-electron chi connectivity index (χ3n) is 7.56. The van der Waals surface area contributed by atoms with Gasteiger partial charge < -0.3 is 18.9 Å². The highest BCUT2D eigenvalue weighted by molar-refractivity contribution is 7.52. The molecule has 244 valence electrons. The van der Waals surface area contributed by atoms with Crippen molar-refractivity contribution >= 4 is 19.5 Å². The Morgan fingerprint density at radius 3 is 1.32 bits per heavy atom. The van der Waals surface area contributed by atoms with Gasteiger partial charge in [0, 0.05) is 19.0 Å². The number of unbranched alkanes of at least 4 members (excludes halogenated alkanes) is 20. The van der Waals surface area contributed by atoms with Crippen molar-refractivity contribution in [2.45, 2.75) is 181 Å². The number of carbonyl (C=O) groups excluding carboxylic acids is 2. The first-order valence-corrected chi connectivity index (χ1v) is 18.9. The van der Waals surface area contributed by atoms with E-state index in [-0.39, 0.29) is 37.7 Å². The summed E-state index contributed by atoms with van der Waals surface area (Å²) in [5.74, 6) is -0.727. The third-order valence-corrected chi connectivity index (χ3v) is 8.91. The smallest absolute Gasteiger partial charge is 0.327 e. The van der Waals surface area contributed by atoms with E-state index in [0.717, 1.165) is 38.5 Å². The number of hydrogen-bond donors (Lipinski definition) is 1. The zero-order valence-corrected chi connectivity index (χ0v) is 27.9. The Labute approximate surface area is 252 Å². The van der Waals surface area contributed by atoms with Gasteiger partial charge in [-0.2, -0.15) is 0 Å². The molecule has 0 amide bonds. The van der Waals surface area contributed by atoms with E-state index in [9.17, 15) is 19.0 Å². The van der Waals surface area contributed by atoms with Crippen LogP contribution in [0.3, 0.4) is 0 Å². The van der Waals surface area contributed by atoms with Crippen LogP contribution >= 0.6 is 7.60 Å². The fourth-order valence-electron chi connectivity index (χ4n) is 4.78. The minimum atomic E-state index is -3.74. The summed E-state index contributed by atoms with van der Waals surface area (Å²) in [6, 6.07) is 0. The van der Waals surface area contributed by atoms with E-state index in [0.29, 0.717) is 6.42 Å². The molecule has 0 aliphatic heterocycles. The van der Waals surface area contributed by atoms with Gasteiger partial charge in [-0.1, -0.05) is 149 Å². The molecule has 7 nitrogen and oxygen atoms in total. The molecule has 0 rings (SSSR count). The lowest BCUT2D eigenvalue weighted by Gasteiger charge is -2.19. The number of esters is 2. The van der Waals surface area contributed by atoms with Crippen LogP contribution in [0.15, 0.2) is 0 Å². The molecule has 0 aliphatic rings. The predicted molar refractivity (Wildman–Crippen MR) is 169 cm³/mol. The monoisotopic (exact) mass is 604 g/mol. The summed E-state index contributed by atoms with van der Waals surface area (Å²) in [6.07, 6.45) is 26.1. The minimum Gasteiger partial charge on any atom is -0.462 e. The molecule has 2 atom stereocenters. The first kappa shape index (κ1) is 40.1. The van der Waals surface area contributed by atoms with Crippen molar-refractivity contribution in [1.82, 2.24) is 0 Å². The second kappa shape index (κ2) is 29.2. The quantitative estimate of drug-likeness (QED) is 0.0477. The highest BCUT2D eigenvalue weighted by atomic mass is 31.2. The third kappa shape index (κ3) is 29.0. The number of ether oxygens (including phenoxy) is 2. The van der Waals surface area contributed by atoms with Crippen molar-refractivity contribution < 1.29 is 33.0 Å². The lowest BCUT2D eigenvalue weighted by atomic mass is 10.1. The van der Waals surface area contributed by atoms with E-state index >= 15 is 0 Å². The number of rotatable bonds is 31. The van der Waals surface area contributed by atoms with Crippen LogP contribution < -0.4 is 0 Å². The summed E-state index contributed by atoms with van der Waals surface area (Å²) in [7, 11) is -3.74. The average molecular weight is 605 g/mol. The maximum atomic E-state index is 12.4. The molecule has 0 saturated heterocycles. The fourth-order valence-corrected chi connectivity index (χ4v) is 5.36. The summed E-state index contributed by atoms with van der Waals surface area (Å²) in [4.78, 5) is 34.4. The molecule has 0 aromatic rings. The number of hydrogen-bond acceptors (Lipinski definition) is 6. The number of carbonyl (C=O) groups is 2. The van der Waals surface area contributed by atoms with E-state index in [2.05, 4.69) is 13.8 Å². The molecule has 0 aliphatic carbocycles. The van der Waals surface area contributed by atoms with E-state index in [1.54, 1.807) is 6.92 Å². The Morgan fingerprint density at radius 2 is 0.927 bits per heavy atom. The van der Waals surface area contributed by atoms with Crippen molar-refractivity contribution in [3.8, 4) is 0 Å². The standard InChI is InChI=1S/C33H65O7P/c1-4-7-9-11-13-15-17-19-21-23-25-27-32(34)38-29-31(30-39-41(36,37)6-3)40-33(35)28-26-24-22-20-18-16-14-12-10-8-5-2/h31H,4-30H2,1-3H3,(H,36,37)/t31-/m1/s1. The van der Waals surface area contributed by atoms with E-state index in [4.69, 9.17) is 14.0 Å². The average Bonchev–Trinajstić information content (AvgIpc) is 2.96. The van der Waals surface area contributed by atoms with Crippen LogP contribution in [-0.4, -0.2) is 42.3 Å². The second-order valence-corrected chi connectivity index (χ2v) is 13.8. The lowest BCUT2D eigenvalue weighted by Crippen LogP contribution is -2.29. The van der Waals surface area contributed by atoms with E-state index in [1.807, 2.05) is 0 Å². The maximum absolute atomic E-state index is 12.4. The Kier molecular flexibility index (Phi) is 28.5. The van der Waals surface area contributed by atoms with Gasteiger partial charge in [-0.25, -0.2) is 0 Å². The summed E-state index contributed by atoms with van der Waals surface area (Å²) in [5.41, 5.74) is 0. The minimum absolute atomic E-state index is 0.0367. The summed E-state index contributed by atoms with van der Waals surface area (Å²) in [6.45, 7) is 5.60. The van der Waals surface area contributed by atoms with E-state index in [1.165, 1.54) is 103 Å². The zero-order chi connectivity index (χ0) is 30.4. The molecule has 0 heterocycles. The summed E-state index contributed by atoms with van der Waals surface area (Å²) < 4.78 is 27.8. The Hall–Kier alpha value is -0.910. The van der Waals surface area contributed by atoms with Crippen LogP contribution in [0, 0.1) is 0 Å². The highest BCUT2D eigenvalue weighted by Gasteiger charge is 2.23. The van der Waals surface area contributed by atoms with Crippen LogP contribution in [0.4, 0.5) is 0 Å². The van der Waals surface area contributed by atoms with Crippen LogP contribution in [0.1, 0.15) is 175 Å². The topological polar surface area (TPSA) is 99.1 Å². The molecule has 0 radical (unpaired) electrons. The van der Waals surface area contributed by atoms with Gasteiger partial charge >= 0.3 is 19.5 Å². The Morgan fingerprint density at radius 1 is 0.561 bits per heavy atom. The molecule has 0 saturated carbocycles. The van der Waals surface area contributed by atoms with Crippen molar-refractivity contribution in [1.29, 1.82) is 0 Å². The predicted octanol–water partition coefficient (Wildman–Crippen LogP) is 10.1. The van der Waals surface area contributed by atoms with Gasteiger partial charge in [-0.3, -0.25) is 14.2 Å². The van der Waals surface area contributed by atoms with Gasteiger partial charge in [0.2, 0.25) is 0 Å². The highest BCUT2D eigenvalue weighted by Crippen LogP contribution is 2.41. The lowest BCUT2D eigenvalue weighted by molar-refractivity contribution is -0.161. The molecule has 0 spiro atoms. The van der Waals surface area contributed by atoms with Gasteiger partial charge in [0.1, 0.15) is 6.61 Å². The van der Waals surface area contributed by atoms with Crippen LogP contribution in [0.2, 0.25) is 0 Å². The molecular formula is C33H65O7P. The molecule has 8 heteroatoms. The van der Waals surface area contributed by atoms with Gasteiger partial charge in [-0.05, 0) is 12.8 Å². The van der Waals surface area contributed by atoms with Crippen molar-refractivity contribution in [3.63, 3.8) is 0 Å². The summed E-state index contributed by atoms with van der Waals surface area (Å²) >= 11 is 0. The SMILES string of the molecule is CCCCCCCCCCCCCC(=O)OC[C@H](COP(=O)(O)CC)OC(=O)CCCCCCCCCCCCC. The first-order valence-electron chi connectivity index (χ1n) is 17.2. The molecule has 41 heavy (non-hydrogen) atoms. The fraction of sp³-hybridized carbons (Fsp3) is 0.939. The largest absolute Gasteiger partial charge is 0.462 e. The molecular weight excluding hydrogens is 539 g/mol. The molecule has 0 aromatic heterocycles. The normalized spacial score (nSPS) is 13.6. The van der Waals surface area contributed by atoms with Crippen LogP contribution in [0.5, 0.6) is 0 Å². The molecule has 1 N–H and O–H groups in total. The molecule has 1 unspecified atom stereocenters. The Bertz CT molecular complexity index is 655. The molecule has 0 aromatic carbocycles. The van der Waals surface area contributed by atoms with Crippen LogP contribution in [0.25, 0.3) is 0 Å². The maximum Gasteiger partial charge on any atom is 0.327 e. The summed E-state index contributed by atoms with van der Waals surface area (Å²) in [5, 5.41) is 0. The van der Waals surface area contributed by atoms with Crippen LogP contribution in [-0.2, 0) is 28.2 Å². The van der Waals surface area contributed by atoms with Gasteiger partial charge in [0.15, 0.2) is 6.10 Å². The zero-order valence-electron chi connectivity index (χ0n) is 27.0. The van der Waals surface area contributed by atoms with Gasteiger partial charge in [-0.15, -0.1) is 0 Å². The first-order chi connectivity index (χ1) is 19.8. The second-order valence-electron chi connectivity index (χ2n) is 11.6. The van der Waals surface area contributed by atoms with Crippen molar-refractivity contribution in [3.05, 3.63) is 0 Å². The Balaban J connectivity index is 4.10. The van der Waals surface area contributed by atoms with Crippen molar-refractivity contribution in [2.24, 2.45) is 0 Å². The molecule has 0 fully saturated rings. The van der Waals surface area contributed by atoms with Crippen molar-refractivity contribution in [2.75, 3.05) is 19.4 Å². The van der Waals surface area contributed by atoms with E-state index < -0.39 is 13.7 Å². The van der Waals surface area contributed by atoms with Gasteiger partial charge in [0.25, 0.3) is 0 Å². The molecule has 0 bridgehead atoms. The van der Waals surface area contributed by atoms with Gasteiger partial charge in [0.05, 0.1) is 6.61 Å².